The summed E-state index contributed by atoms with van der Waals surface area (Å²) in [5.74, 6) is 0. The molecule has 0 spiro atoms. The Labute approximate surface area is 68.2 Å². The Kier molecular flexibility index (Phi) is 4.26. The molecule has 0 aliphatic rings. The molecule has 0 saturated carbocycles. The van der Waals surface area contributed by atoms with Gasteiger partial charge < -0.3 is 10.0 Å². The molecule has 0 aromatic heterocycles. The van der Waals surface area contributed by atoms with Gasteiger partial charge in [-0.2, -0.15) is 10.2 Å². The Morgan fingerprint density at radius 3 is 2.00 bits per heavy atom. The fourth-order valence-electron chi connectivity index (χ4n) is 0.540. The standard InChI is InChI=1S/C7H16N4/c1-7(9-11(4)5)6-8-10(2)3/h6H,1-5H3. The van der Waals surface area contributed by atoms with Crippen molar-refractivity contribution in [2.24, 2.45) is 10.2 Å². The van der Waals surface area contributed by atoms with Crippen molar-refractivity contribution in [2.75, 3.05) is 28.2 Å². The smallest absolute Gasteiger partial charge is 0.0774 e. The molecule has 0 aliphatic heterocycles. The molecule has 11 heavy (non-hydrogen) atoms. The maximum atomic E-state index is 4.12. The predicted octanol–water partition coefficient (Wildman–Crippen LogP) is 0.471. The molecule has 0 fully saturated rings. The van der Waals surface area contributed by atoms with Crippen LogP contribution < -0.4 is 0 Å². The zero-order chi connectivity index (χ0) is 8.85. The Morgan fingerprint density at radius 1 is 1.09 bits per heavy atom. The van der Waals surface area contributed by atoms with Gasteiger partial charge in [0.15, 0.2) is 0 Å². The molecule has 0 rings (SSSR count). The van der Waals surface area contributed by atoms with E-state index < -0.39 is 0 Å². The Bertz CT molecular complexity index is 158. The summed E-state index contributed by atoms with van der Waals surface area (Å²) in [6, 6.07) is 0. The van der Waals surface area contributed by atoms with Gasteiger partial charge in [-0.3, -0.25) is 0 Å². The van der Waals surface area contributed by atoms with E-state index in [1.165, 1.54) is 0 Å². The van der Waals surface area contributed by atoms with Crippen LogP contribution in [0.15, 0.2) is 10.2 Å². The fraction of sp³-hybridized carbons (Fsp3) is 0.714. The molecule has 0 unspecified atom stereocenters. The van der Waals surface area contributed by atoms with Crippen LogP contribution in [0.25, 0.3) is 0 Å². The second-order valence-corrected chi connectivity index (χ2v) is 2.68. The van der Waals surface area contributed by atoms with Gasteiger partial charge in [0.05, 0.1) is 11.9 Å². The van der Waals surface area contributed by atoms with Gasteiger partial charge in [-0.15, -0.1) is 0 Å². The summed E-state index contributed by atoms with van der Waals surface area (Å²) in [7, 11) is 7.51. The third kappa shape index (κ3) is 6.83. The zero-order valence-electron chi connectivity index (χ0n) is 7.87. The van der Waals surface area contributed by atoms with Gasteiger partial charge in [0.2, 0.25) is 0 Å². The molecule has 0 bridgehead atoms. The van der Waals surface area contributed by atoms with Crippen molar-refractivity contribution in [3.63, 3.8) is 0 Å². The van der Waals surface area contributed by atoms with Crippen LogP contribution in [0.5, 0.6) is 0 Å². The molecular formula is C7H16N4. The second kappa shape index (κ2) is 4.71. The zero-order valence-corrected chi connectivity index (χ0v) is 7.87. The first kappa shape index (κ1) is 9.94. The lowest BCUT2D eigenvalue weighted by atomic mass is 10.5. The van der Waals surface area contributed by atoms with Crippen LogP contribution >= 0.6 is 0 Å². The van der Waals surface area contributed by atoms with Gasteiger partial charge in [0, 0.05) is 28.2 Å². The molecule has 0 aromatic carbocycles. The summed E-state index contributed by atoms with van der Waals surface area (Å²) in [6.45, 7) is 1.91. The van der Waals surface area contributed by atoms with Gasteiger partial charge in [0.1, 0.15) is 0 Å². The first-order chi connectivity index (χ1) is 5.02. The minimum atomic E-state index is 0.892. The summed E-state index contributed by atoms with van der Waals surface area (Å²) in [5, 5.41) is 11.6. The highest BCUT2D eigenvalue weighted by Gasteiger charge is 1.85. The van der Waals surface area contributed by atoms with Crippen LogP contribution in [0.4, 0.5) is 0 Å². The molecule has 0 heterocycles. The maximum absolute atomic E-state index is 4.12. The third-order valence-electron chi connectivity index (χ3n) is 0.833. The van der Waals surface area contributed by atoms with E-state index >= 15 is 0 Å². The number of rotatable bonds is 3. The first-order valence-corrected chi connectivity index (χ1v) is 3.46. The van der Waals surface area contributed by atoms with E-state index in [1.54, 1.807) is 16.2 Å². The van der Waals surface area contributed by atoms with Gasteiger partial charge in [0.25, 0.3) is 0 Å². The summed E-state index contributed by atoms with van der Waals surface area (Å²) in [5.41, 5.74) is 0.892. The average molecular weight is 156 g/mol. The van der Waals surface area contributed by atoms with E-state index in [2.05, 4.69) is 10.2 Å². The molecule has 0 saturated heterocycles. The largest absolute Gasteiger partial charge is 0.303 e. The monoisotopic (exact) mass is 156 g/mol. The molecular weight excluding hydrogens is 140 g/mol. The highest BCUT2D eigenvalue weighted by atomic mass is 15.4. The van der Waals surface area contributed by atoms with Gasteiger partial charge in [-0.25, -0.2) is 0 Å². The van der Waals surface area contributed by atoms with E-state index in [0.717, 1.165) is 5.71 Å². The van der Waals surface area contributed by atoms with Crippen LogP contribution in [-0.4, -0.2) is 50.1 Å². The van der Waals surface area contributed by atoms with Crippen molar-refractivity contribution in [1.82, 2.24) is 10.0 Å². The summed E-state index contributed by atoms with van der Waals surface area (Å²) in [6.07, 6.45) is 1.72. The van der Waals surface area contributed by atoms with Crippen molar-refractivity contribution in [2.45, 2.75) is 6.92 Å². The molecule has 0 aliphatic carbocycles. The lowest BCUT2D eigenvalue weighted by molar-refractivity contribution is 0.435. The first-order valence-electron chi connectivity index (χ1n) is 3.46. The molecule has 0 radical (unpaired) electrons. The number of hydrogen-bond donors (Lipinski definition) is 0. The Morgan fingerprint density at radius 2 is 1.64 bits per heavy atom. The van der Waals surface area contributed by atoms with Crippen LogP contribution in [0, 0.1) is 0 Å². The van der Waals surface area contributed by atoms with Crippen LogP contribution in [0.1, 0.15) is 6.92 Å². The van der Waals surface area contributed by atoms with Crippen molar-refractivity contribution < 1.29 is 0 Å². The topological polar surface area (TPSA) is 31.2 Å². The van der Waals surface area contributed by atoms with Gasteiger partial charge in [-0.1, -0.05) is 0 Å². The van der Waals surface area contributed by atoms with Gasteiger partial charge >= 0.3 is 0 Å². The van der Waals surface area contributed by atoms with Crippen LogP contribution in [-0.2, 0) is 0 Å². The predicted molar refractivity (Wildman–Crippen MR) is 49.0 cm³/mol. The lowest BCUT2D eigenvalue weighted by Crippen LogP contribution is -2.09. The third-order valence-corrected chi connectivity index (χ3v) is 0.833. The number of hydrazone groups is 2. The van der Waals surface area contributed by atoms with Crippen molar-refractivity contribution in [1.29, 1.82) is 0 Å². The SMILES string of the molecule is CC(C=NN(C)C)=NN(C)C. The van der Waals surface area contributed by atoms with E-state index in [-0.39, 0.29) is 0 Å². The molecule has 4 heteroatoms. The van der Waals surface area contributed by atoms with E-state index in [0.29, 0.717) is 0 Å². The maximum Gasteiger partial charge on any atom is 0.0774 e. The molecule has 64 valence electrons. The summed E-state index contributed by atoms with van der Waals surface area (Å²) >= 11 is 0. The molecule has 0 aromatic rings. The van der Waals surface area contributed by atoms with Crippen molar-refractivity contribution in [3.8, 4) is 0 Å². The molecule has 0 amide bonds. The fourth-order valence-corrected chi connectivity index (χ4v) is 0.540. The number of nitrogens with zero attached hydrogens (tertiary/aromatic N) is 4. The normalized spacial score (nSPS) is 12.3. The Balaban J connectivity index is 3.95. The molecule has 0 N–H and O–H groups in total. The minimum Gasteiger partial charge on any atom is -0.303 e. The summed E-state index contributed by atoms with van der Waals surface area (Å²) < 4.78 is 0. The quantitative estimate of drug-likeness (QED) is 0.439. The lowest BCUT2D eigenvalue weighted by Gasteiger charge is -2.05. The minimum absolute atomic E-state index is 0.892. The van der Waals surface area contributed by atoms with E-state index in [9.17, 15) is 0 Å². The van der Waals surface area contributed by atoms with E-state index in [4.69, 9.17) is 0 Å². The molecule has 0 atom stereocenters. The highest BCUT2D eigenvalue weighted by molar-refractivity contribution is 6.29. The highest BCUT2D eigenvalue weighted by Crippen LogP contribution is 1.79. The average Bonchev–Trinajstić information content (AvgIpc) is 1.82. The van der Waals surface area contributed by atoms with Crippen LogP contribution in [0.3, 0.4) is 0 Å². The molecule has 4 nitrogen and oxygen atoms in total. The van der Waals surface area contributed by atoms with Crippen molar-refractivity contribution in [3.05, 3.63) is 0 Å². The second-order valence-electron chi connectivity index (χ2n) is 2.68. The summed E-state index contributed by atoms with van der Waals surface area (Å²) in [4.78, 5) is 0. The van der Waals surface area contributed by atoms with Crippen molar-refractivity contribution >= 4 is 11.9 Å². The van der Waals surface area contributed by atoms with Gasteiger partial charge in [-0.05, 0) is 6.92 Å². The van der Waals surface area contributed by atoms with Crippen LogP contribution in [0.2, 0.25) is 0 Å². The van der Waals surface area contributed by atoms with E-state index in [1.807, 2.05) is 35.1 Å². The number of hydrogen-bond acceptors (Lipinski definition) is 4. The Hall–Kier alpha value is -1.06.